The van der Waals surface area contributed by atoms with Crippen LogP contribution >= 0.6 is 0 Å². The maximum absolute atomic E-state index is 10.00. The number of ether oxygens (including phenoxy) is 2. The first kappa shape index (κ1) is 27.9. The molecule has 0 radical (unpaired) electrons. The van der Waals surface area contributed by atoms with Crippen LogP contribution in [0.4, 0.5) is 0 Å². The second-order valence-corrected chi connectivity index (χ2v) is 13.2. The van der Waals surface area contributed by atoms with Gasteiger partial charge in [0, 0.05) is 0 Å². The number of hydrogen-bond donors (Lipinski definition) is 0. The van der Waals surface area contributed by atoms with E-state index in [2.05, 4.69) is 119 Å². The van der Waals surface area contributed by atoms with Crippen LogP contribution in [0.1, 0.15) is 27.8 Å². The summed E-state index contributed by atoms with van der Waals surface area (Å²) in [6.45, 7) is 0. The van der Waals surface area contributed by atoms with E-state index < -0.39 is 5.41 Å². The minimum absolute atomic E-state index is 0.358. The highest BCUT2D eigenvalue weighted by molar-refractivity contribution is 5.96. The number of hydrogen-bond acceptors (Lipinski definition) is 5. The molecule has 0 N–H and O–H groups in total. The molecule has 5 nitrogen and oxygen atoms in total. The molecule has 1 aromatic heterocycles. The minimum atomic E-state index is -0.529. The van der Waals surface area contributed by atoms with Crippen molar-refractivity contribution in [2.75, 3.05) is 0 Å². The lowest BCUT2D eigenvalue weighted by Gasteiger charge is -2.30. The zero-order valence-electron chi connectivity index (χ0n) is 27.1. The van der Waals surface area contributed by atoms with Crippen molar-refractivity contribution >= 4 is 11.0 Å². The molecule has 51 heavy (non-hydrogen) atoms. The maximum atomic E-state index is 10.00. The lowest BCUT2D eigenvalue weighted by molar-refractivity contribution is 0.339. The SMILES string of the molecule is N#Cc1ccc2c(c1)C1(c3ccccc3-c3ccccc31)c1cc(-c3cccc(-c4ccc5c(c4)Oc4nc6ccccc6nc4O5)c3)ccc1-2. The zero-order valence-corrected chi connectivity index (χ0v) is 27.1. The Hall–Kier alpha value is -7.03. The van der Waals surface area contributed by atoms with Crippen LogP contribution in [-0.2, 0) is 5.41 Å². The summed E-state index contributed by atoms with van der Waals surface area (Å²) in [5, 5.41) is 10.00. The molecule has 1 aliphatic heterocycles. The lowest BCUT2D eigenvalue weighted by atomic mass is 9.70. The summed E-state index contributed by atoms with van der Waals surface area (Å²) in [6.07, 6.45) is 0. The maximum Gasteiger partial charge on any atom is 0.284 e. The minimum Gasteiger partial charge on any atom is -0.431 e. The fourth-order valence-corrected chi connectivity index (χ4v) is 8.43. The average Bonchev–Trinajstić information content (AvgIpc) is 3.65. The van der Waals surface area contributed by atoms with Gasteiger partial charge in [-0.3, -0.25) is 0 Å². The van der Waals surface area contributed by atoms with E-state index in [4.69, 9.17) is 9.47 Å². The van der Waals surface area contributed by atoms with E-state index >= 15 is 0 Å². The molecule has 5 heteroatoms. The first-order valence-electron chi connectivity index (χ1n) is 17.0. The van der Waals surface area contributed by atoms with Gasteiger partial charge in [0.25, 0.3) is 11.8 Å². The molecule has 8 aromatic rings. The summed E-state index contributed by atoms with van der Waals surface area (Å²) in [7, 11) is 0. The highest BCUT2D eigenvalue weighted by Gasteiger charge is 2.51. The number of nitriles is 1. The number of para-hydroxylation sites is 2. The summed E-state index contributed by atoms with van der Waals surface area (Å²) in [4.78, 5) is 9.27. The van der Waals surface area contributed by atoms with Crippen molar-refractivity contribution in [3.63, 3.8) is 0 Å². The third kappa shape index (κ3) is 3.84. The average molecular weight is 652 g/mol. The molecular weight excluding hydrogens is 627 g/mol. The van der Waals surface area contributed by atoms with E-state index in [1.165, 1.54) is 38.9 Å². The predicted octanol–water partition coefficient (Wildman–Crippen LogP) is 11.1. The molecule has 0 amide bonds. The van der Waals surface area contributed by atoms with Crippen molar-refractivity contribution in [1.82, 2.24) is 9.97 Å². The third-order valence-corrected chi connectivity index (χ3v) is 10.6. The van der Waals surface area contributed by atoms with E-state index in [1.54, 1.807) is 0 Å². The van der Waals surface area contributed by atoms with Crippen molar-refractivity contribution in [2.24, 2.45) is 0 Å². The highest BCUT2D eigenvalue weighted by Crippen LogP contribution is 2.63. The van der Waals surface area contributed by atoms with Crippen LogP contribution in [0.25, 0.3) is 55.5 Å². The van der Waals surface area contributed by atoms with Crippen LogP contribution in [0.15, 0.2) is 152 Å². The van der Waals surface area contributed by atoms with Gasteiger partial charge in [0.15, 0.2) is 11.5 Å². The van der Waals surface area contributed by atoms with E-state index in [0.29, 0.717) is 28.8 Å². The fraction of sp³-hybridized carbons (Fsp3) is 0.0217. The van der Waals surface area contributed by atoms with Crippen LogP contribution in [0, 0.1) is 11.3 Å². The molecule has 0 saturated heterocycles. The normalized spacial score (nSPS) is 13.5. The van der Waals surface area contributed by atoms with E-state index in [0.717, 1.165) is 38.9 Å². The Kier molecular flexibility index (Phi) is 5.60. The lowest BCUT2D eigenvalue weighted by Crippen LogP contribution is -2.26. The second-order valence-electron chi connectivity index (χ2n) is 13.2. The molecule has 2 heterocycles. The first-order chi connectivity index (χ1) is 25.2. The Morgan fingerprint density at radius 2 is 0.961 bits per heavy atom. The molecule has 7 aromatic carbocycles. The van der Waals surface area contributed by atoms with E-state index in [9.17, 15) is 5.26 Å². The molecule has 0 fully saturated rings. The van der Waals surface area contributed by atoms with Crippen LogP contribution in [-0.4, -0.2) is 9.97 Å². The van der Waals surface area contributed by atoms with Crippen LogP contribution in [0.3, 0.4) is 0 Å². The van der Waals surface area contributed by atoms with Gasteiger partial charge in [-0.2, -0.15) is 5.26 Å². The molecule has 0 atom stereocenters. The van der Waals surface area contributed by atoms with Gasteiger partial charge >= 0.3 is 0 Å². The van der Waals surface area contributed by atoms with Crippen LogP contribution < -0.4 is 9.47 Å². The predicted molar refractivity (Wildman–Crippen MR) is 198 cm³/mol. The number of fused-ring (bicyclic) bond motifs is 13. The van der Waals surface area contributed by atoms with Gasteiger partial charge in [0.05, 0.1) is 28.1 Å². The Bertz CT molecular complexity index is 2800. The quantitative estimate of drug-likeness (QED) is 0.186. The van der Waals surface area contributed by atoms with Crippen LogP contribution in [0.2, 0.25) is 0 Å². The van der Waals surface area contributed by atoms with Gasteiger partial charge in [-0.25, -0.2) is 9.97 Å². The van der Waals surface area contributed by atoms with Gasteiger partial charge in [-0.05, 0) is 115 Å². The Morgan fingerprint density at radius 1 is 0.431 bits per heavy atom. The smallest absolute Gasteiger partial charge is 0.284 e. The van der Waals surface area contributed by atoms with Gasteiger partial charge in [0.1, 0.15) is 0 Å². The van der Waals surface area contributed by atoms with E-state index in [-0.39, 0.29) is 0 Å². The number of nitrogens with zero attached hydrogens (tertiary/aromatic N) is 3. The summed E-state index contributed by atoms with van der Waals surface area (Å²) in [5.74, 6) is 1.93. The zero-order chi connectivity index (χ0) is 33.7. The molecule has 236 valence electrons. The third-order valence-electron chi connectivity index (χ3n) is 10.6. The highest BCUT2D eigenvalue weighted by atomic mass is 16.6. The monoisotopic (exact) mass is 651 g/mol. The summed E-state index contributed by atoms with van der Waals surface area (Å²) in [6, 6.07) is 55.1. The number of rotatable bonds is 2. The van der Waals surface area contributed by atoms with Crippen molar-refractivity contribution in [3.05, 3.63) is 179 Å². The molecule has 0 saturated carbocycles. The van der Waals surface area contributed by atoms with Gasteiger partial charge in [-0.1, -0.05) is 103 Å². The molecule has 3 aliphatic rings. The molecule has 11 rings (SSSR count). The summed E-state index contributed by atoms with van der Waals surface area (Å²) < 4.78 is 12.4. The van der Waals surface area contributed by atoms with Crippen molar-refractivity contribution in [2.45, 2.75) is 5.41 Å². The van der Waals surface area contributed by atoms with Gasteiger partial charge in [-0.15, -0.1) is 0 Å². The summed E-state index contributed by atoms with van der Waals surface area (Å²) in [5.41, 5.74) is 15.7. The first-order valence-corrected chi connectivity index (χ1v) is 17.0. The molecule has 0 unspecified atom stereocenters. The van der Waals surface area contributed by atoms with E-state index in [1.807, 2.05) is 48.5 Å². The van der Waals surface area contributed by atoms with Crippen molar-refractivity contribution in [3.8, 4) is 73.8 Å². The molecular formula is C46H25N3O2. The summed E-state index contributed by atoms with van der Waals surface area (Å²) >= 11 is 0. The molecule has 2 aliphatic carbocycles. The molecule has 1 spiro atoms. The van der Waals surface area contributed by atoms with Crippen LogP contribution in [0.5, 0.6) is 23.3 Å². The largest absolute Gasteiger partial charge is 0.431 e. The van der Waals surface area contributed by atoms with Gasteiger partial charge in [0.2, 0.25) is 0 Å². The standard InChI is InChI=1S/C46H25N3O2/c47-26-27-16-19-34-35-20-17-30(24-39(35)46(38(34)22-27)36-12-3-1-10-32(36)33-11-2-4-13-37(33)46)28-8-7-9-29(23-28)31-18-21-42-43(25-31)51-45-44(50-42)48-40-14-5-6-15-41(40)49-45/h1-25H. The Morgan fingerprint density at radius 3 is 1.65 bits per heavy atom. The Labute approximate surface area is 293 Å². The second kappa shape index (κ2) is 10.2. The van der Waals surface area contributed by atoms with Crippen molar-refractivity contribution < 1.29 is 9.47 Å². The Balaban J connectivity index is 1.03. The fourth-order valence-electron chi connectivity index (χ4n) is 8.43. The number of benzene rings is 7. The molecule has 0 bridgehead atoms. The van der Waals surface area contributed by atoms with Gasteiger partial charge < -0.3 is 9.47 Å². The van der Waals surface area contributed by atoms with Crippen molar-refractivity contribution in [1.29, 1.82) is 5.26 Å². The topological polar surface area (TPSA) is 68.0 Å². The number of aromatic nitrogens is 2.